The second kappa shape index (κ2) is 5.92. The molecule has 3 nitrogen and oxygen atoms in total. The molecule has 1 aromatic carbocycles. The lowest BCUT2D eigenvalue weighted by molar-refractivity contribution is 1.05. The summed E-state index contributed by atoms with van der Waals surface area (Å²) in [6, 6.07) is 5.78. The summed E-state index contributed by atoms with van der Waals surface area (Å²) in [5.74, 6) is 3.56. The van der Waals surface area contributed by atoms with Crippen molar-refractivity contribution in [1.82, 2.24) is 9.97 Å². The highest BCUT2D eigenvalue weighted by molar-refractivity contribution is 9.10. The first-order chi connectivity index (χ1) is 9.69. The van der Waals surface area contributed by atoms with Crippen molar-refractivity contribution in [2.45, 2.75) is 18.4 Å². The van der Waals surface area contributed by atoms with Crippen molar-refractivity contribution in [3.8, 4) is 11.4 Å². The van der Waals surface area contributed by atoms with Gasteiger partial charge >= 0.3 is 0 Å². The quantitative estimate of drug-likeness (QED) is 0.847. The summed E-state index contributed by atoms with van der Waals surface area (Å²) in [4.78, 5) is 9.34. The van der Waals surface area contributed by atoms with Crippen LogP contribution in [0.15, 0.2) is 22.7 Å². The van der Waals surface area contributed by atoms with Gasteiger partial charge in [-0.3, -0.25) is 0 Å². The first-order valence-corrected chi connectivity index (χ1v) is 8.68. The minimum atomic E-state index is 0.660. The zero-order chi connectivity index (χ0) is 14.1. The van der Waals surface area contributed by atoms with E-state index in [4.69, 9.17) is 11.6 Å². The Kier molecular flexibility index (Phi) is 4.19. The molecule has 0 unspecified atom stereocenters. The van der Waals surface area contributed by atoms with Gasteiger partial charge in [0, 0.05) is 33.7 Å². The molecule has 1 aliphatic rings. The first-order valence-electron chi connectivity index (χ1n) is 6.36. The molecule has 0 spiro atoms. The maximum absolute atomic E-state index is 6.31. The van der Waals surface area contributed by atoms with Crippen molar-refractivity contribution in [1.29, 1.82) is 0 Å². The molecule has 3 rings (SSSR count). The lowest BCUT2D eigenvalue weighted by Crippen LogP contribution is -2.06. The van der Waals surface area contributed by atoms with E-state index in [0.717, 1.165) is 39.6 Å². The van der Waals surface area contributed by atoms with E-state index >= 15 is 0 Å². The summed E-state index contributed by atoms with van der Waals surface area (Å²) in [5.41, 5.74) is 3.22. The monoisotopic (exact) mass is 369 g/mol. The molecule has 0 bridgehead atoms. The maximum Gasteiger partial charge on any atom is 0.163 e. The molecule has 1 aromatic heterocycles. The molecule has 2 heterocycles. The summed E-state index contributed by atoms with van der Waals surface area (Å²) >= 11 is 11.6. The number of thioether (sulfide) groups is 1. The Bertz CT molecular complexity index is 663. The number of halogens is 2. The van der Waals surface area contributed by atoms with Gasteiger partial charge in [-0.2, -0.15) is 11.8 Å². The summed E-state index contributed by atoms with van der Waals surface area (Å²) in [7, 11) is 0. The lowest BCUT2D eigenvalue weighted by Gasteiger charge is -2.11. The Balaban J connectivity index is 2.12. The van der Waals surface area contributed by atoms with Crippen molar-refractivity contribution >= 4 is 45.1 Å². The zero-order valence-electron chi connectivity index (χ0n) is 10.9. The van der Waals surface area contributed by atoms with E-state index in [1.807, 2.05) is 30.0 Å². The average Bonchev–Trinajstić information content (AvgIpc) is 2.87. The summed E-state index contributed by atoms with van der Waals surface area (Å²) in [6.07, 6.45) is 0. The number of nitrogens with one attached hydrogen (secondary N) is 1. The first kappa shape index (κ1) is 14.2. The Morgan fingerprint density at radius 1 is 1.35 bits per heavy atom. The highest BCUT2D eigenvalue weighted by Crippen LogP contribution is 2.36. The van der Waals surface area contributed by atoms with Crippen LogP contribution < -0.4 is 5.32 Å². The number of aromatic nitrogens is 2. The number of hydrogen-bond acceptors (Lipinski definition) is 4. The van der Waals surface area contributed by atoms with Crippen LogP contribution in [0.1, 0.15) is 18.2 Å². The van der Waals surface area contributed by atoms with Crippen LogP contribution in [0.3, 0.4) is 0 Å². The van der Waals surface area contributed by atoms with Gasteiger partial charge in [-0.15, -0.1) is 0 Å². The SMILES string of the molecule is CCNc1nc(-c2ccc(Br)cc2Cl)nc2c1CSC2. The Morgan fingerprint density at radius 2 is 2.20 bits per heavy atom. The average molecular weight is 371 g/mol. The predicted octanol–water partition coefficient (Wildman–Crippen LogP) is 4.74. The maximum atomic E-state index is 6.31. The fraction of sp³-hybridized carbons (Fsp3) is 0.286. The Labute approximate surface area is 135 Å². The van der Waals surface area contributed by atoms with Crippen LogP contribution in [-0.4, -0.2) is 16.5 Å². The van der Waals surface area contributed by atoms with Crippen molar-refractivity contribution in [2.75, 3.05) is 11.9 Å². The summed E-state index contributed by atoms with van der Waals surface area (Å²) in [6.45, 7) is 2.92. The number of rotatable bonds is 3. The molecule has 0 aliphatic carbocycles. The predicted molar refractivity (Wildman–Crippen MR) is 89.3 cm³/mol. The molecule has 0 atom stereocenters. The van der Waals surface area contributed by atoms with Crippen molar-refractivity contribution in [2.24, 2.45) is 0 Å². The van der Waals surface area contributed by atoms with Gasteiger partial charge in [-0.05, 0) is 25.1 Å². The molecule has 0 saturated heterocycles. The van der Waals surface area contributed by atoms with Gasteiger partial charge in [0.2, 0.25) is 0 Å². The topological polar surface area (TPSA) is 37.8 Å². The molecule has 2 aromatic rings. The molecule has 1 N–H and O–H groups in total. The van der Waals surface area contributed by atoms with Crippen LogP contribution in [0, 0.1) is 0 Å². The Hall–Kier alpha value is -0.780. The largest absolute Gasteiger partial charge is 0.370 e. The smallest absolute Gasteiger partial charge is 0.163 e. The molecular weight excluding hydrogens is 358 g/mol. The van der Waals surface area contributed by atoms with E-state index in [9.17, 15) is 0 Å². The highest BCUT2D eigenvalue weighted by Gasteiger charge is 2.20. The van der Waals surface area contributed by atoms with E-state index in [1.54, 1.807) is 0 Å². The minimum absolute atomic E-state index is 0.660. The molecule has 104 valence electrons. The molecule has 1 aliphatic heterocycles. The summed E-state index contributed by atoms with van der Waals surface area (Å²) in [5, 5.41) is 3.99. The molecule has 0 saturated carbocycles. The third-order valence-corrected chi connectivity index (χ3v) is 4.87. The second-order valence-electron chi connectivity index (χ2n) is 4.47. The van der Waals surface area contributed by atoms with Crippen LogP contribution >= 0.6 is 39.3 Å². The highest BCUT2D eigenvalue weighted by atomic mass is 79.9. The number of hydrogen-bond donors (Lipinski definition) is 1. The fourth-order valence-corrected chi connectivity index (χ4v) is 3.96. The molecule has 0 fully saturated rings. The molecular formula is C14H13BrClN3S. The second-order valence-corrected chi connectivity index (χ2v) is 6.78. The van der Waals surface area contributed by atoms with E-state index in [2.05, 4.69) is 38.1 Å². The van der Waals surface area contributed by atoms with E-state index in [-0.39, 0.29) is 0 Å². The van der Waals surface area contributed by atoms with Crippen LogP contribution in [0.2, 0.25) is 5.02 Å². The standard InChI is InChI=1S/C14H13BrClN3S/c1-2-17-13-10-6-20-7-12(10)18-14(19-13)9-4-3-8(15)5-11(9)16/h3-5H,2,6-7H2,1H3,(H,17,18,19). The minimum Gasteiger partial charge on any atom is -0.370 e. The number of fused-ring (bicyclic) bond motifs is 1. The van der Waals surface area contributed by atoms with Gasteiger partial charge in [0.05, 0.1) is 10.7 Å². The van der Waals surface area contributed by atoms with Gasteiger partial charge in [-0.1, -0.05) is 27.5 Å². The Morgan fingerprint density at radius 3 is 2.95 bits per heavy atom. The van der Waals surface area contributed by atoms with Crippen LogP contribution in [0.5, 0.6) is 0 Å². The van der Waals surface area contributed by atoms with Crippen molar-refractivity contribution in [3.05, 3.63) is 39.0 Å². The van der Waals surface area contributed by atoms with Crippen LogP contribution in [0.4, 0.5) is 5.82 Å². The van der Waals surface area contributed by atoms with Gasteiger partial charge in [0.1, 0.15) is 5.82 Å². The fourth-order valence-electron chi connectivity index (χ4n) is 2.16. The zero-order valence-corrected chi connectivity index (χ0v) is 14.1. The van der Waals surface area contributed by atoms with Crippen LogP contribution in [0.25, 0.3) is 11.4 Å². The van der Waals surface area contributed by atoms with Crippen molar-refractivity contribution in [3.63, 3.8) is 0 Å². The third-order valence-electron chi connectivity index (χ3n) is 3.09. The number of anilines is 1. The van der Waals surface area contributed by atoms with Crippen LogP contribution in [-0.2, 0) is 11.5 Å². The number of benzene rings is 1. The van der Waals surface area contributed by atoms with E-state index < -0.39 is 0 Å². The van der Waals surface area contributed by atoms with E-state index in [1.165, 1.54) is 5.56 Å². The van der Waals surface area contributed by atoms with E-state index in [0.29, 0.717) is 10.8 Å². The lowest BCUT2D eigenvalue weighted by atomic mass is 10.2. The van der Waals surface area contributed by atoms with Gasteiger partial charge in [0.25, 0.3) is 0 Å². The van der Waals surface area contributed by atoms with Gasteiger partial charge < -0.3 is 5.32 Å². The molecule has 0 radical (unpaired) electrons. The van der Waals surface area contributed by atoms with Gasteiger partial charge in [-0.25, -0.2) is 9.97 Å². The summed E-state index contributed by atoms with van der Waals surface area (Å²) < 4.78 is 0.954. The normalized spacial score (nSPS) is 13.3. The van der Waals surface area contributed by atoms with Gasteiger partial charge in [0.15, 0.2) is 5.82 Å². The molecule has 20 heavy (non-hydrogen) atoms. The third kappa shape index (κ3) is 2.67. The number of nitrogens with zero attached hydrogens (tertiary/aromatic N) is 2. The van der Waals surface area contributed by atoms with Crippen molar-refractivity contribution < 1.29 is 0 Å². The molecule has 6 heteroatoms. The molecule has 0 amide bonds.